The molecule has 5 heteroatoms. The molecule has 3 rings (SSSR count). The Kier molecular flexibility index (Phi) is 6.80. The second kappa shape index (κ2) is 9.31. The maximum atomic E-state index is 13.3. The lowest BCUT2D eigenvalue weighted by atomic mass is 10.1. The van der Waals surface area contributed by atoms with Crippen LogP contribution >= 0.6 is 11.8 Å². The average Bonchev–Trinajstić information content (AvgIpc) is 2.96. The second-order valence-corrected chi connectivity index (χ2v) is 8.90. The summed E-state index contributed by atoms with van der Waals surface area (Å²) in [6.45, 7) is 6.20. The maximum absolute atomic E-state index is 13.3. The number of amides is 2. The molecule has 1 aliphatic rings. The number of hydrogen-bond acceptors (Lipinski definition) is 4. The van der Waals surface area contributed by atoms with Gasteiger partial charge in [0.2, 0.25) is 0 Å². The maximum Gasteiger partial charge on any atom is 0.272 e. The van der Waals surface area contributed by atoms with Crippen LogP contribution in [0.1, 0.15) is 44.7 Å². The summed E-state index contributed by atoms with van der Waals surface area (Å²) in [5.41, 5.74) is 3.03. The predicted molar refractivity (Wildman–Crippen MR) is 120 cm³/mol. The SMILES string of the molecule is CCCCc1ccc(N2C(=O)C(SC(C)C)=C(c3ccc(OC)cc3)C2=O)cc1. The Balaban J connectivity index is 1.96. The van der Waals surface area contributed by atoms with E-state index in [1.165, 1.54) is 22.2 Å². The number of thioether (sulfide) groups is 1. The monoisotopic (exact) mass is 409 g/mol. The third kappa shape index (κ3) is 4.56. The van der Waals surface area contributed by atoms with Gasteiger partial charge in [-0.1, -0.05) is 51.5 Å². The first-order valence-corrected chi connectivity index (χ1v) is 10.9. The fourth-order valence-electron chi connectivity index (χ4n) is 3.29. The van der Waals surface area contributed by atoms with E-state index in [0.717, 1.165) is 24.8 Å². The van der Waals surface area contributed by atoms with Crippen LogP contribution in [-0.4, -0.2) is 24.2 Å². The summed E-state index contributed by atoms with van der Waals surface area (Å²) in [5, 5.41) is 0.186. The van der Waals surface area contributed by atoms with Gasteiger partial charge >= 0.3 is 0 Å². The lowest BCUT2D eigenvalue weighted by molar-refractivity contribution is -0.119. The Bertz CT molecular complexity index is 914. The molecule has 0 saturated heterocycles. The number of nitrogens with zero attached hydrogens (tertiary/aromatic N) is 1. The zero-order valence-corrected chi connectivity index (χ0v) is 18.2. The minimum atomic E-state index is -0.273. The molecule has 0 spiro atoms. The number of hydrogen-bond donors (Lipinski definition) is 0. The van der Waals surface area contributed by atoms with Crippen molar-refractivity contribution < 1.29 is 14.3 Å². The molecule has 2 aromatic carbocycles. The predicted octanol–water partition coefficient (Wildman–Crippen LogP) is 5.46. The van der Waals surface area contributed by atoms with Gasteiger partial charge in [-0.2, -0.15) is 0 Å². The van der Waals surface area contributed by atoms with E-state index in [1.54, 1.807) is 7.11 Å². The Morgan fingerprint density at radius 1 is 0.966 bits per heavy atom. The van der Waals surface area contributed by atoms with Gasteiger partial charge in [-0.3, -0.25) is 9.59 Å². The number of ether oxygens (including phenoxy) is 1. The van der Waals surface area contributed by atoms with Crippen molar-refractivity contribution >= 4 is 34.8 Å². The molecule has 2 aromatic rings. The molecule has 2 amide bonds. The third-order valence-corrected chi connectivity index (χ3v) is 5.87. The van der Waals surface area contributed by atoms with E-state index < -0.39 is 0 Å². The van der Waals surface area contributed by atoms with Crippen LogP contribution in [0, 0.1) is 0 Å². The first-order valence-electron chi connectivity index (χ1n) is 9.99. The number of benzene rings is 2. The lowest BCUT2D eigenvalue weighted by Crippen LogP contribution is -2.31. The summed E-state index contributed by atoms with van der Waals surface area (Å²) in [7, 11) is 1.60. The fraction of sp³-hybridized carbons (Fsp3) is 0.333. The van der Waals surface area contributed by atoms with Crippen molar-refractivity contribution in [3.63, 3.8) is 0 Å². The van der Waals surface area contributed by atoms with Crippen LogP contribution in [0.3, 0.4) is 0 Å². The van der Waals surface area contributed by atoms with Gasteiger partial charge in [0.15, 0.2) is 0 Å². The standard InChI is InChI=1S/C24H27NO3S/c1-5-6-7-17-8-12-19(13-9-17)25-23(26)21(22(24(25)27)29-16(2)3)18-10-14-20(28-4)15-11-18/h8-16H,5-7H2,1-4H3. The van der Waals surface area contributed by atoms with Crippen molar-refractivity contribution in [3.8, 4) is 5.75 Å². The molecule has 0 saturated carbocycles. The molecular formula is C24H27NO3S. The average molecular weight is 410 g/mol. The highest BCUT2D eigenvalue weighted by atomic mass is 32.2. The van der Waals surface area contributed by atoms with Crippen LogP contribution in [0.2, 0.25) is 0 Å². The summed E-state index contributed by atoms with van der Waals surface area (Å²) in [6.07, 6.45) is 3.26. The molecule has 0 unspecified atom stereocenters. The molecule has 0 radical (unpaired) electrons. The zero-order valence-electron chi connectivity index (χ0n) is 17.4. The Morgan fingerprint density at radius 2 is 1.62 bits per heavy atom. The van der Waals surface area contributed by atoms with Crippen LogP contribution in [0.25, 0.3) is 5.57 Å². The molecule has 0 aliphatic carbocycles. The second-order valence-electron chi connectivity index (χ2n) is 7.31. The van der Waals surface area contributed by atoms with Crippen molar-refractivity contribution in [3.05, 3.63) is 64.6 Å². The molecule has 0 N–H and O–H groups in total. The lowest BCUT2D eigenvalue weighted by Gasteiger charge is -2.16. The van der Waals surface area contributed by atoms with Gasteiger partial charge < -0.3 is 4.74 Å². The van der Waals surface area contributed by atoms with E-state index in [4.69, 9.17) is 4.74 Å². The van der Waals surface area contributed by atoms with E-state index >= 15 is 0 Å². The van der Waals surface area contributed by atoms with Gasteiger partial charge in [0, 0.05) is 5.25 Å². The smallest absolute Gasteiger partial charge is 0.272 e. The largest absolute Gasteiger partial charge is 0.497 e. The summed E-state index contributed by atoms with van der Waals surface area (Å²) >= 11 is 1.44. The molecular weight excluding hydrogens is 382 g/mol. The van der Waals surface area contributed by atoms with E-state index in [-0.39, 0.29) is 17.1 Å². The highest BCUT2D eigenvalue weighted by molar-refractivity contribution is 8.04. The van der Waals surface area contributed by atoms with Gasteiger partial charge in [-0.15, -0.1) is 11.8 Å². The van der Waals surface area contributed by atoms with Crippen LogP contribution < -0.4 is 9.64 Å². The van der Waals surface area contributed by atoms with Crippen molar-refractivity contribution in [2.75, 3.05) is 12.0 Å². The van der Waals surface area contributed by atoms with Crippen molar-refractivity contribution in [1.82, 2.24) is 0 Å². The number of unbranched alkanes of at least 4 members (excludes halogenated alkanes) is 1. The fourth-order valence-corrected chi connectivity index (χ4v) is 4.28. The number of anilines is 1. The highest BCUT2D eigenvalue weighted by Crippen LogP contribution is 2.40. The summed E-state index contributed by atoms with van der Waals surface area (Å²) in [6, 6.07) is 15.0. The van der Waals surface area contributed by atoms with Crippen LogP contribution in [0.5, 0.6) is 5.75 Å². The Morgan fingerprint density at radius 3 is 2.17 bits per heavy atom. The van der Waals surface area contributed by atoms with Gasteiger partial charge in [0.25, 0.3) is 11.8 Å². The molecule has 1 heterocycles. The molecule has 0 bridgehead atoms. The number of methoxy groups -OCH3 is 1. The van der Waals surface area contributed by atoms with E-state index in [1.807, 2.05) is 62.4 Å². The van der Waals surface area contributed by atoms with Gasteiger partial charge in [-0.25, -0.2) is 4.90 Å². The van der Waals surface area contributed by atoms with Gasteiger partial charge in [0.05, 0.1) is 23.3 Å². The topological polar surface area (TPSA) is 46.6 Å². The minimum absolute atomic E-state index is 0.186. The Labute approximate surface area is 176 Å². The summed E-state index contributed by atoms with van der Waals surface area (Å²) in [4.78, 5) is 28.3. The third-order valence-electron chi connectivity index (χ3n) is 4.79. The van der Waals surface area contributed by atoms with Gasteiger partial charge in [-0.05, 0) is 48.2 Å². The van der Waals surface area contributed by atoms with E-state index in [2.05, 4.69) is 6.92 Å². The van der Waals surface area contributed by atoms with Crippen molar-refractivity contribution in [1.29, 1.82) is 0 Å². The van der Waals surface area contributed by atoms with Gasteiger partial charge in [0.1, 0.15) is 5.75 Å². The molecule has 4 nitrogen and oxygen atoms in total. The van der Waals surface area contributed by atoms with Crippen molar-refractivity contribution in [2.24, 2.45) is 0 Å². The van der Waals surface area contributed by atoms with E-state index in [0.29, 0.717) is 21.9 Å². The van der Waals surface area contributed by atoms with Crippen molar-refractivity contribution in [2.45, 2.75) is 45.3 Å². The minimum Gasteiger partial charge on any atom is -0.497 e. The molecule has 152 valence electrons. The normalized spacial score (nSPS) is 14.3. The number of carbonyl (C=O) groups is 2. The molecule has 29 heavy (non-hydrogen) atoms. The number of carbonyl (C=O) groups excluding carboxylic acids is 2. The first-order chi connectivity index (χ1) is 14.0. The number of aryl methyl sites for hydroxylation is 1. The zero-order chi connectivity index (χ0) is 21.0. The number of imide groups is 1. The summed E-state index contributed by atoms with van der Waals surface area (Å²) in [5.74, 6) is 0.189. The molecule has 0 atom stereocenters. The molecule has 0 aromatic heterocycles. The van der Waals surface area contributed by atoms with Crippen LogP contribution in [0.15, 0.2) is 53.4 Å². The quantitative estimate of drug-likeness (QED) is 0.543. The Hall–Kier alpha value is -2.53. The highest BCUT2D eigenvalue weighted by Gasteiger charge is 2.40. The molecule has 0 fully saturated rings. The van der Waals surface area contributed by atoms with Crippen LogP contribution in [-0.2, 0) is 16.0 Å². The van der Waals surface area contributed by atoms with Crippen LogP contribution in [0.4, 0.5) is 5.69 Å². The number of rotatable bonds is 8. The molecule has 1 aliphatic heterocycles. The first kappa shape index (κ1) is 21.2. The van der Waals surface area contributed by atoms with E-state index in [9.17, 15) is 9.59 Å². The summed E-state index contributed by atoms with van der Waals surface area (Å²) < 4.78 is 5.22.